The summed E-state index contributed by atoms with van der Waals surface area (Å²) in [6, 6.07) is 3.27. The molecule has 0 aromatic rings. The summed E-state index contributed by atoms with van der Waals surface area (Å²) in [4.78, 5) is 4.74. The molecule has 0 radical (unpaired) electrons. The summed E-state index contributed by atoms with van der Waals surface area (Å²) < 4.78 is 0. The molecule has 1 aliphatic heterocycles. The van der Waals surface area contributed by atoms with Crippen molar-refractivity contribution in [3.63, 3.8) is 0 Å². The lowest BCUT2D eigenvalue weighted by Gasteiger charge is -2.38. The number of piperidine rings is 1. The summed E-state index contributed by atoms with van der Waals surface area (Å²) in [7, 11) is 4.32. The van der Waals surface area contributed by atoms with E-state index < -0.39 is 0 Å². The van der Waals surface area contributed by atoms with Crippen LogP contribution in [0.5, 0.6) is 0 Å². The monoisotopic (exact) mass is 195 g/mol. The third-order valence-corrected chi connectivity index (χ3v) is 3.26. The molecule has 0 N–H and O–H groups in total. The molecule has 0 aromatic heterocycles. The summed E-state index contributed by atoms with van der Waals surface area (Å²) in [5, 5.41) is 8.65. The number of hydrogen-bond donors (Lipinski definition) is 0. The summed E-state index contributed by atoms with van der Waals surface area (Å²) in [5.74, 6) is 0. The van der Waals surface area contributed by atoms with E-state index in [2.05, 4.69) is 36.9 Å². The molecule has 1 aliphatic rings. The van der Waals surface area contributed by atoms with Gasteiger partial charge in [-0.25, -0.2) is 0 Å². The quantitative estimate of drug-likeness (QED) is 0.680. The molecule has 0 saturated carbocycles. The van der Waals surface area contributed by atoms with Crippen molar-refractivity contribution in [3.8, 4) is 6.07 Å². The molecule has 1 heterocycles. The first-order valence-corrected chi connectivity index (χ1v) is 5.42. The van der Waals surface area contributed by atoms with E-state index in [1.807, 2.05) is 0 Å². The average Bonchev–Trinajstić information content (AvgIpc) is 2.17. The minimum Gasteiger partial charge on any atom is -0.305 e. The summed E-state index contributed by atoms with van der Waals surface area (Å²) in [6.07, 6.45) is 3.19. The van der Waals surface area contributed by atoms with Crippen LogP contribution in [-0.2, 0) is 0 Å². The van der Waals surface area contributed by atoms with Crippen molar-refractivity contribution in [2.45, 2.75) is 38.3 Å². The summed E-state index contributed by atoms with van der Waals surface area (Å²) in [6.45, 7) is 4.50. The third kappa shape index (κ3) is 2.97. The van der Waals surface area contributed by atoms with Crippen molar-refractivity contribution in [1.29, 1.82) is 5.26 Å². The lowest BCUT2D eigenvalue weighted by molar-refractivity contribution is 0.106. The molecule has 14 heavy (non-hydrogen) atoms. The molecule has 0 spiro atoms. The predicted octanol–water partition coefficient (Wildman–Crippen LogP) is 1.31. The van der Waals surface area contributed by atoms with E-state index in [0.717, 1.165) is 6.54 Å². The normalized spacial score (nSPS) is 26.1. The van der Waals surface area contributed by atoms with Crippen LogP contribution < -0.4 is 0 Å². The number of likely N-dealkylation sites (N-methyl/N-ethyl adjacent to an activating group) is 2. The first-order chi connectivity index (χ1) is 6.65. The number of rotatable bonds is 3. The number of likely N-dealkylation sites (tertiary alicyclic amines) is 1. The van der Waals surface area contributed by atoms with Crippen molar-refractivity contribution in [3.05, 3.63) is 0 Å². The first kappa shape index (κ1) is 11.5. The molecule has 0 aromatic carbocycles. The zero-order valence-electron chi connectivity index (χ0n) is 9.53. The Morgan fingerprint density at radius 2 is 2.36 bits per heavy atom. The van der Waals surface area contributed by atoms with E-state index in [0.29, 0.717) is 18.5 Å². The highest BCUT2D eigenvalue weighted by Gasteiger charge is 2.23. The van der Waals surface area contributed by atoms with E-state index in [4.69, 9.17) is 5.26 Å². The highest BCUT2D eigenvalue weighted by molar-refractivity contribution is 4.84. The van der Waals surface area contributed by atoms with Gasteiger partial charge in [-0.2, -0.15) is 5.26 Å². The van der Waals surface area contributed by atoms with Gasteiger partial charge in [0, 0.05) is 18.6 Å². The Labute approximate surface area is 87.3 Å². The van der Waals surface area contributed by atoms with E-state index >= 15 is 0 Å². The van der Waals surface area contributed by atoms with Crippen LogP contribution in [0.3, 0.4) is 0 Å². The highest BCUT2D eigenvalue weighted by atomic mass is 15.2. The SMILES string of the molecule is CC(CC#N)N(C)C1CCCN(C)C1. The second-order valence-corrected chi connectivity index (χ2v) is 4.44. The van der Waals surface area contributed by atoms with E-state index in [-0.39, 0.29) is 0 Å². The molecule has 0 aliphatic carbocycles. The number of nitrogens with zero attached hydrogens (tertiary/aromatic N) is 3. The number of nitriles is 1. The van der Waals surface area contributed by atoms with Gasteiger partial charge in [-0.05, 0) is 40.4 Å². The second-order valence-electron chi connectivity index (χ2n) is 4.44. The Balaban J connectivity index is 2.43. The molecular weight excluding hydrogens is 174 g/mol. The van der Waals surface area contributed by atoms with Gasteiger partial charge in [0.05, 0.1) is 12.5 Å². The third-order valence-electron chi connectivity index (χ3n) is 3.26. The zero-order valence-corrected chi connectivity index (χ0v) is 9.53. The van der Waals surface area contributed by atoms with Crippen molar-refractivity contribution >= 4 is 0 Å². The standard InChI is InChI=1S/C11H21N3/c1-10(6-7-12)14(3)11-5-4-8-13(2)9-11/h10-11H,4-6,8-9H2,1-3H3. The van der Waals surface area contributed by atoms with Crippen LogP contribution in [-0.4, -0.2) is 49.1 Å². The Hall–Kier alpha value is -0.590. The topological polar surface area (TPSA) is 30.3 Å². The largest absolute Gasteiger partial charge is 0.305 e. The maximum Gasteiger partial charge on any atom is 0.0638 e. The van der Waals surface area contributed by atoms with Gasteiger partial charge in [0.15, 0.2) is 0 Å². The molecule has 3 heteroatoms. The maximum absolute atomic E-state index is 8.65. The Bertz CT molecular complexity index is 209. The van der Waals surface area contributed by atoms with Crippen LogP contribution in [0.2, 0.25) is 0 Å². The van der Waals surface area contributed by atoms with Gasteiger partial charge in [0.25, 0.3) is 0 Å². The van der Waals surface area contributed by atoms with Crippen LogP contribution in [0.15, 0.2) is 0 Å². The maximum atomic E-state index is 8.65. The molecule has 3 nitrogen and oxygen atoms in total. The van der Waals surface area contributed by atoms with Gasteiger partial charge < -0.3 is 4.90 Å². The Morgan fingerprint density at radius 1 is 1.64 bits per heavy atom. The average molecular weight is 195 g/mol. The second kappa shape index (κ2) is 5.33. The van der Waals surface area contributed by atoms with Crippen molar-refractivity contribution in [1.82, 2.24) is 9.80 Å². The molecule has 2 atom stereocenters. The minimum atomic E-state index is 0.386. The lowest BCUT2D eigenvalue weighted by atomic mass is 10.0. The van der Waals surface area contributed by atoms with Gasteiger partial charge in [0.1, 0.15) is 0 Å². The minimum absolute atomic E-state index is 0.386. The predicted molar refractivity (Wildman–Crippen MR) is 58.0 cm³/mol. The van der Waals surface area contributed by atoms with Gasteiger partial charge in [-0.15, -0.1) is 0 Å². The summed E-state index contributed by atoms with van der Waals surface area (Å²) >= 11 is 0. The van der Waals surface area contributed by atoms with Crippen LogP contribution in [0, 0.1) is 11.3 Å². The molecule has 1 fully saturated rings. The van der Waals surface area contributed by atoms with Gasteiger partial charge in [-0.3, -0.25) is 4.90 Å². The van der Waals surface area contributed by atoms with Crippen LogP contribution >= 0.6 is 0 Å². The van der Waals surface area contributed by atoms with Crippen LogP contribution in [0.4, 0.5) is 0 Å². The fourth-order valence-corrected chi connectivity index (χ4v) is 2.11. The van der Waals surface area contributed by atoms with Gasteiger partial charge in [0.2, 0.25) is 0 Å². The van der Waals surface area contributed by atoms with E-state index in [1.54, 1.807) is 0 Å². The van der Waals surface area contributed by atoms with Crippen molar-refractivity contribution < 1.29 is 0 Å². The zero-order chi connectivity index (χ0) is 10.6. The fourth-order valence-electron chi connectivity index (χ4n) is 2.11. The van der Waals surface area contributed by atoms with E-state index in [9.17, 15) is 0 Å². The molecule has 80 valence electrons. The van der Waals surface area contributed by atoms with Crippen molar-refractivity contribution in [2.24, 2.45) is 0 Å². The van der Waals surface area contributed by atoms with Gasteiger partial charge >= 0.3 is 0 Å². The molecule has 1 rings (SSSR count). The fraction of sp³-hybridized carbons (Fsp3) is 0.909. The lowest BCUT2D eigenvalue weighted by Crippen LogP contribution is -2.48. The van der Waals surface area contributed by atoms with E-state index in [1.165, 1.54) is 19.4 Å². The molecule has 2 unspecified atom stereocenters. The number of hydrogen-bond acceptors (Lipinski definition) is 3. The van der Waals surface area contributed by atoms with Crippen molar-refractivity contribution in [2.75, 3.05) is 27.2 Å². The highest BCUT2D eigenvalue weighted by Crippen LogP contribution is 2.16. The Morgan fingerprint density at radius 3 is 2.93 bits per heavy atom. The molecule has 0 amide bonds. The Kier molecular flexibility index (Phi) is 4.37. The first-order valence-electron chi connectivity index (χ1n) is 5.42. The van der Waals surface area contributed by atoms with Gasteiger partial charge in [-0.1, -0.05) is 0 Å². The summed E-state index contributed by atoms with van der Waals surface area (Å²) in [5.41, 5.74) is 0. The molecule has 1 saturated heterocycles. The molecule has 0 bridgehead atoms. The van der Waals surface area contributed by atoms with Crippen LogP contribution in [0.25, 0.3) is 0 Å². The van der Waals surface area contributed by atoms with Crippen LogP contribution in [0.1, 0.15) is 26.2 Å². The molecular formula is C11H21N3. The smallest absolute Gasteiger partial charge is 0.0638 e.